The molecule has 1 aromatic rings. The number of rotatable bonds is 4. The minimum absolute atomic E-state index is 0.400. The molecule has 0 fully saturated rings. The highest BCUT2D eigenvalue weighted by Crippen LogP contribution is 2.06. The van der Waals surface area contributed by atoms with E-state index in [1.807, 2.05) is 12.2 Å². The van der Waals surface area contributed by atoms with Crippen molar-refractivity contribution in [1.29, 1.82) is 0 Å². The number of benzene rings is 1. The molecule has 0 saturated carbocycles. The first kappa shape index (κ1) is 11.0. The van der Waals surface area contributed by atoms with E-state index in [1.54, 1.807) is 0 Å². The lowest BCUT2D eigenvalue weighted by Crippen LogP contribution is -2.25. The van der Waals surface area contributed by atoms with Crippen LogP contribution in [-0.2, 0) is 6.42 Å². The van der Waals surface area contributed by atoms with Gasteiger partial charge in [-0.05, 0) is 17.5 Å². The number of allylic oxidation sites excluding steroid dienone is 1. The Hall–Kier alpha value is -1.08. The zero-order valence-corrected chi connectivity index (χ0v) is 10.0. The average molecular weight is 201 g/mol. The first-order valence-corrected chi connectivity index (χ1v) is 7.36. The molecule has 14 heavy (non-hydrogen) atoms. The molecule has 1 aromatic carbocycles. The van der Waals surface area contributed by atoms with Gasteiger partial charge in [-0.3, -0.25) is 0 Å². The summed E-state index contributed by atoms with van der Waals surface area (Å²) in [4.78, 5) is 0. The fraction of sp³-hybridized carbons (Fsp3) is 0.231. The van der Waals surface area contributed by atoms with E-state index < -0.39 is 8.80 Å². The van der Waals surface area contributed by atoms with Gasteiger partial charge in [-0.2, -0.15) is 0 Å². The predicted octanol–water partition coefficient (Wildman–Crippen LogP) is 3.02. The Labute approximate surface area is 88.6 Å². The van der Waals surface area contributed by atoms with Crippen molar-refractivity contribution < 1.29 is 0 Å². The van der Waals surface area contributed by atoms with Gasteiger partial charge in [0, 0.05) is 0 Å². The molecule has 0 nitrogen and oxygen atoms in total. The molecule has 0 atom stereocenters. The van der Waals surface area contributed by atoms with E-state index in [0.717, 1.165) is 6.42 Å². The molecule has 0 unspecified atom stereocenters. The van der Waals surface area contributed by atoms with Gasteiger partial charge in [0.25, 0.3) is 0 Å². The molecule has 1 radical (unpaired) electrons. The molecule has 0 aromatic heterocycles. The summed E-state index contributed by atoms with van der Waals surface area (Å²) >= 11 is 0. The van der Waals surface area contributed by atoms with E-state index in [4.69, 9.17) is 0 Å². The highest BCUT2D eigenvalue weighted by Gasteiger charge is 2.06. The quantitative estimate of drug-likeness (QED) is 0.519. The Morgan fingerprint density at radius 2 is 2.00 bits per heavy atom. The average Bonchev–Trinajstić information content (AvgIpc) is 2.18. The van der Waals surface area contributed by atoms with E-state index in [2.05, 4.69) is 44.5 Å². The van der Waals surface area contributed by atoms with Crippen molar-refractivity contribution in [3.05, 3.63) is 48.6 Å². The maximum atomic E-state index is 3.85. The highest BCUT2D eigenvalue weighted by molar-refractivity contribution is 6.71. The molecule has 0 spiro atoms. The van der Waals surface area contributed by atoms with Crippen LogP contribution in [0.5, 0.6) is 0 Å². The lowest BCUT2D eigenvalue weighted by molar-refractivity contribution is 1.28. The van der Waals surface area contributed by atoms with Gasteiger partial charge in [-0.1, -0.05) is 55.2 Å². The third kappa shape index (κ3) is 2.45. The van der Waals surface area contributed by atoms with Crippen LogP contribution in [0.15, 0.2) is 37.4 Å². The zero-order valence-electron chi connectivity index (χ0n) is 9.01. The van der Waals surface area contributed by atoms with Crippen molar-refractivity contribution in [3.8, 4) is 0 Å². The van der Waals surface area contributed by atoms with Crippen LogP contribution in [0.25, 0.3) is 6.08 Å². The predicted molar refractivity (Wildman–Crippen MR) is 67.6 cm³/mol. The van der Waals surface area contributed by atoms with Crippen LogP contribution in [0.1, 0.15) is 11.1 Å². The smallest absolute Gasteiger partial charge is 0.0799 e. The molecular formula is C13H17Si. The Kier molecular flexibility index (Phi) is 3.90. The van der Waals surface area contributed by atoms with Crippen molar-refractivity contribution in [2.45, 2.75) is 19.5 Å². The van der Waals surface area contributed by atoms with Gasteiger partial charge in [0.1, 0.15) is 0 Å². The minimum Gasteiger partial charge on any atom is -0.103 e. The summed E-state index contributed by atoms with van der Waals surface area (Å²) in [6, 6.07) is 6.62. The fourth-order valence-electron chi connectivity index (χ4n) is 1.51. The summed E-state index contributed by atoms with van der Waals surface area (Å²) in [5, 5.41) is 1.48. The van der Waals surface area contributed by atoms with Crippen molar-refractivity contribution >= 4 is 20.1 Å². The molecule has 1 heteroatoms. The molecule has 73 valence electrons. The van der Waals surface area contributed by atoms with E-state index in [0.29, 0.717) is 0 Å². The number of hydrogen-bond acceptors (Lipinski definition) is 0. The molecule has 0 aliphatic rings. The van der Waals surface area contributed by atoms with Gasteiger partial charge in [0.15, 0.2) is 0 Å². The summed E-state index contributed by atoms with van der Waals surface area (Å²) in [5.41, 5.74) is 2.64. The summed E-state index contributed by atoms with van der Waals surface area (Å²) in [6.07, 6.45) is 4.86. The first-order valence-electron chi connectivity index (χ1n) is 4.86. The standard InChI is InChI=1S/C13H17Si/c1-5-7-11-8-9-12(6-2)13(10-11)14(3)4/h5-6,8-10H,1-2,7H2,3-4H3. The van der Waals surface area contributed by atoms with Crippen LogP contribution in [0.3, 0.4) is 0 Å². The SMILES string of the molecule is C=CCc1ccc(C=C)c([Si](C)C)c1. The van der Waals surface area contributed by atoms with Gasteiger partial charge < -0.3 is 0 Å². The largest absolute Gasteiger partial charge is 0.103 e. The summed E-state index contributed by atoms with van der Waals surface area (Å²) in [5.74, 6) is 0. The van der Waals surface area contributed by atoms with Crippen LogP contribution in [0.2, 0.25) is 13.1 Å². The lowest BCUT2D eigenvalue weighted by atomic mass is 10.1. The third-order valence-corrected chi connectivity index (χ3v) is 3.77. The minimum atomic E-state index is -0.400. The second-order valence-electron chi connectivity index (χ2n) is 3.62. The maximum Gasteiger partial charge on any atom is 0.0799 e. The van der Waals surface area contributed by atoms with Crippen molar-refractivity contribution in [2.24, 2.45) is 0 Å². The first-order chi connectivity index (χ1) is 6.69. The van der Waals surface area contributed by atoms with E-state index in [9.17, 15) is 0 Å². The molecule has 0 heterocycles. The van der Waals surface area contributed by atoms with Gasteiger partial charge in [0.05, 0.1) is 8.80 Å². The molecule has 0 N–H and O–H groups in total. The van der Waals surface area contributed by atoms with Crippen molar-refractivity contribution in [1.82, 2.24) is 0 Å². The normalized spacial score (nSPS) is 10.2. The Balaban J connectivity index is 3.13. The van der Waals surface area contributed by atoms with Crippen LogP contribution in [0, 0.1) is 0 Å². The maximum absolute atomic E-state index is 3.85. The van der Waals surface area contributed by atoms with Gasteiger partial charge in [0.2, 0.25) is 0 Å². The van der Waals surface area contributed by atoms with Gasteiger partial charge >= 0.3 is 0 Å². The van der Waals surface area contributed by atoms with Crippen LogP contribution >= 0.6 is 0 Å². The molecule has 0 aliphatic carbocycles. The molecule has 0 aliphatic heterocycles. The lowest BCUT2D eigenvalue weighted by Gasteiger charge is -2.10. The Morgan fingerprint density at radius 3 is 2.50 bits per heavy atom. The monoisotopic (exact) mass is 201 g/mol. The molecule has 0 saturated heterocycles. The Morgan fingerprint density at radius 1 is 1.29 bits per heavy atom. The summed E-state index contributed by atoms with van der Waals surface area (Å²) in [6.45, 7) is 12.2. The van der Waals surface area contributed by atoms with Crippen molar-refractivity contribution in [2.75, 3.05) is 0 Å². The van der Waals surface area contributed by atoms with Crippen molar-refractivity contribution in [3.63, 3.8) is 0 Å². The second kappa shape index (κ2) is 4.96. The molecule has 1 rings (SSSR count). The van der Waals surface area contributed by atoms with E-state index in [-0.39, 0.29) is 0 Å². The fourth-order valence-corrected chi connectivity index (χ4v) is 2.74. The molecular weight excluding hydrogens is 184 g/mol. The van der Waals surface area contributed by atoms with Crippen LogP contribution in [-0.4, -0.2) is 8.80 Å². The third-order valence-electron chi connectivity index (χ3n) is 2.26. The second-order valence-corrected chi connectivity index (χ2v) is 6.16. The topological polar surface area (TPSA) is 0 Å². The summed E-state index contributed by atoms with van der Waals surface area (Å²) in [7, 11) is -0.400. The molecule has 0 amide bonds. The summed E-state index contributed by atoms with van der Waals surface area (Å²) < 4.78 is 0. The molecule has 0 bridgehead atoms. The van der Waals surface area contributed by atoms with Crippen LogP contribution in [0.4, 0.5) is 0 Å². The van der Waals surface area contributed by atoms with E-state index >= 15 is 0 Å². The number of hydrogen-bond donors (Lipinski definition) is 0. The zero-order chi connectivity index (χ0) is 10.6. The van der Waals surface area contributed by atoms with E-state index in [1.165, 1.54) is 16.3 Å². The Bertz CT molecular complexity index is 337. The van der Waals surface area contributed by atoms with Gasteiger partial charge in [-0.25, -0.2) is 0 Å². The highest BCUT2D eigenvalue weighted by atomic mass is 28.3. The van der Waals surface area contributed by atoms with Gasteiger partial charge in [-0.15, -0.1) is 6.58 Å². The van der Waals surface area contributed by atoms with Crippen LogP contribution < -0.4 is 5.19 Å².